The molecule has 2 aromatic carbocycles. The van der Waals surface area contributed by atoms with Crippen molar-refractivity contribution in [3.05, 3.63) is 58.7 Å². The fourth-order valence-corrected chi connectivity index (χ4v) is 3.26. The quantitative estimate of drug-likeness (QED) is 0.757. The van der Waals surface area contributed by atoms with Gasteiger partial charge in [-0.15, -0.1) is 0 Å². The molecule has 143 valence electrons. The molecule has 0 unspecified atom stereocenters. The molecule has 1 radical (unpaired) electrons. The zero-order chi connectivity index (χ0) is 19.7. The molecule has 0 saturated heterocycles. The zero-order valence-electron chi connectivity index (χ0n) is 17.1. The molecule has 0 saturated carbocycles. The SMILES string of the molecule is Cc1cc2c(c(OCc3ccccc3)c1[B]OC(C)(C)C(C)(C)O)CCC2. The lowest BCUT2D eigenvalue weighted by Gasteiger charge is -2.37. The van der Waals surface area contributed by atoms with Gasteiger partial charge in [-0.25, -0.2) is 0 Å². The molecule has 0 heterocycles. The number of ether oxygens (including phenoxy) is 1. The second-order valence-electron chi connectivity index (χ2n) is 8.51. The Morgan fingerprint density at radius 1 is 1.07 bits per heavy atom. The average Bonchev–Trinajstić information content (AvgIpc) is 3.06. The summed E-state index contributed by atoms with van der Waals surface area (Å²) < 4.78 is 12.4. The van der Waals surface area contributed by atoms with Crippen LogP contribution in [0, 0.1) is 6.92 Å². The van der Waals surface area contributed by atoms with Crippen LogP contribution in [0.5, 0.6) is 5.75 Å². The summed E-state index contributed by atoms with van der Waals surface area (Å²) in [4.78, 5) is 0. The van der Waals surface area contributed by atoms with E-state index in [0.717, 1.165) is 41.6 Å². The van der Waals surface area contributed by atoms with E-state index in [1.165, 1.54) is 11.1 Å². The van der Waals surface area contributed by atoms with Gasteiger partial charge < -0.3 is 14.5 Å². The highest BCUT2D eigenvalue weighted by atomic mass is 16.5. The topological polar surface area (TPSA) is 38.7 Å². The fourth-order valence-electron chi connectivity index (χ4n) is 3.26. The molecule has 0 aromatic heterocycles. The van der Waals surface area contributed by atoms with E-state index in [1.54, 1.807) is 21.3 Å². The summed E-state index contributed by atoms with van der Waals surface area (Å²) in [5, 5.41) is 10.4. The number of hydrogen-bond donors (Lipinski definition) is 1. The maximum Gasteiger partial charge on any atom is 0.335 e. The molecule has 0 aliphatic heterocycles. The molecule has 1 aliphatic carbocycles. The normalized spacial score (nSPS) is 14.1. The third-order valence-electron chi connectivity index (χ3n) is 5.77. The average molecular weight is 365 g/mol. The van der Waals surface area contributed by atoms with Crippen molar-refractivity contribution in [2.24, 2.45) is 0 Å². The molecule has 3 rings (SSSR count). The maximum absolute atomic E-state index is 10.4. The summed E-state index contributed by atoms with van der Waals surface area (Å²) >= 11 is 0. The minimum absolute atomic E-state index is 0.534. The van der Waals surface area contributed by atoms with Gasteiger partial charge in [-0.3, -0.25) is 0 Å². The van der Waals surface area contributed by atoms with Gasteiger partial charge in [-0.2, -0.15) is 0 Å². The van der Waals surface area contributed by atoms with E-state index < -0.39 is 11.2 Å². The molecule has 0 spiro atoms. The van der Waals surface area contributed by atoms with Crippen LogP contribution < -0.4 is 10.2 Å². The van der Waals surface area contributed by atoms with Crippen molar-refractivity contribution in [2.75, 3.05) is 0 Å². The van der Waals surface area contributed by atoms with E-state index in [9.17, 15) is 5.11 Å². The Hall–Kier alpha value is -1.78. The van der Waals surface area contributed by atoms with Gasteiger partial charge in [-0.1, -0.05) is 42.0 Å². The smallest absolute Gasteiger partial charge is 0.335 e. The maximum atomic E-state index is 10.4. The molecule has 0 atom stereocenters. The van der Waals surface area contributed by atoms with Crippen LogP contribution >= 0.6 is 0 Å². The molecule has 0 amide bonds. The minimum Gasteiger partial charge on any atom is -0.489 e. The summed E-state index contributed by atoms with van der Waals surface area (Å²) in [6.07, 6.45) is 3.31. The van der Waals surface area contributed by atoms with Gasteiger partial charge >= 0.3 is 7.48 Å². The highest BCUT2D eigenvalue weighted by molar-refractivity contribution is 6.49. The zero-order valence-corrected chi connectivity index (χ0v) is 17.1. The molecule has 0 fully saturated rings. The van der Waals surface area contributed by atoms with Crippen LogP contribution in [0.1, 0.15) is 56.4 Å². The first-order valence-corrected chi connectivity index (χ1v) is 9.74. The lowest BCUT2D eigenvalue weighted by atomic mass is 9.78. The summed E-state index contributed by atoms with van der Waals surface area (Å²) in [6.45, 7) is 9.96. The van der Waals surface area contributed by atoms with Crippen molar-refractivity contribution in [2.45, 2.75) is 71.7 Å². The summed E-state index contributed by atoms with van der Waals surface area (Å²) in [7, 11) is 1.77. The van der Waals surface area contributed by atoms with Gasteiger partial charge in [0.1, 0.15) is 12.4 Å². The molecule has 1 aliphatic rings. The number of fused-ring (bicyclic) bond motifs is 1. The first-order chi connectivity index (χ1) is 12.7. The highest BCUT2D eigenvalue weighted by Crippen LogP contribution is 2.32. The van der Waals surface area contributed by atoms with Crippen LogP contribution in [0.4, 0.5) is 0 Å². The van der Waals surface area contributed by atoms with E-state index in [-0.39, 0.29) is 0 Å². The van der Waals surface area contributed by atoms with E-state index in [4.69, 9.17) is 9.39 Å². The number of benzene rings is 2. The fraction of sp³-hybridized carbons (Fsp3) is 0.478. The van der Waals surface area contributed by atoms with Crippen LogP contribution in [-0.2, 0) is 24.1 Å². The molecule has 0 bridgehead atoms. The van der Waals surface area contributed by atoms with E-state index in [1.807, 2.05) is 32.0 Å². The Bertz CT molecular complexity index is 792. The molecule has 27 heavy (non-hydrogen) atoms. The largest absolute Gasteiger partial charge is 0.489 e. The number of hydrogen-bond acceptors (Lipinski definition) is 3. The van der Waals surface area contributed by atoms with E-state index in [2.05, 4.69) is 25.1 Å². The van der Waals surface area contributed by atoms with E-state index in [0.29, 0.717) is 6.61 Å². The van der Waals surface area contributed by atoms with Crippen LogP contribution in [0.3, 0.4) is 0 Å². The molecule has 4 heteroatoms. The third kappa shape index (κ3) is 4.39. The van der Waals surface area contributed by atoms with Crippen molar-refractivity contribution >= 4 is 12.9 Å². The van der Waals surface area contributed by atoms with Crippen molar-refractivity contribution < 1.29 is 14.5 Å². The first-order valence-electron chi connectivity index (χ1n) is 9.74. The lowest BCUT2D eigenvalue weighted by molar-refractivity contribution is -0.0893. The Morgan fingerprint density at radius 2 is 1.78 bits per heavy atom. The molecule has 1 N–H and O–H groups in total. The van der Waals surface area contributed by atoms with Gasteiger partial charge in [0.2, 0.25) is 0 Å². The minimum atomic E-state index is -0.959. The van der Waals surface area contributed by atoms with Crippen LogP contribution in [0.25, 0.3) is 0 Å². The lowest BCUT2D eigenvalue weighted by Crippen LogP contribution is -2.49. The standard InChI is InChI=1S/C23H30BO3/c1-16-14-18-12-9-13-19(18)21(26-15-17-10-7-6-8-11-17)20(16)24-27-23(4,5)22(2,3)25/h6-8,10-11,14,25H,9,12-13,15H2,1-5H3. The highest BCUT2D eigenvalue weighted by Gasteiger charge is 2.36. The Balaban J connectivity index is 1.88. The van der Waals surface area contributed by atoms with E-state index >= 15 is 0 Å². The van der Waals surface area contributed by atoms with Crippen molar-refractivity contribution in [1.82, 2.24) is 0 Å². The summed E-state index contributed by atoms with van der Waals surface area (Å²) in [5.74, 6) is 0.929. The number of rotatable bonds is 7. The first kappa shape index (κ1) is 20.0. The van der Waals surface area contributed by atoms with Gasteiger partial charge in [0, 0.05) is 0 Å². The van der Waals surface area contributed by atoms with Gasteiger partial charge in [-0.05, 0) is 76.0 Å². The van der Waals surface area contributed by atoms with Crippen molar-refractivity contribution in [3.8, 4) is 5.75 Å². The van der Waals surface area contributed by atoms with Crippen LogP contribution in [0.15, 0.2) is 36.4 Å². The monoisotopic (exact) mass is 365 g/mol. The Kier molecular flexibility index (Phi) is 5.69. The summed E-state index contributed by atoms with van der Waals surface area (Å²) in [6, 6.07) is 12.5. The van der Waals surface area contributed by atoms with Crippen molar-refractivity contribution in [1.29, 1.82) is 0 Å². The van der Waals surface area contributed by atoms with Crippen molar-refractivity contribution in [3.63, 3.8) is 0 Å². The van der Waals surface area contributed by atoms with Gasteiger partial charge in [0.05, 0.1) is 11.2 Å². The Morgan fingerprint density at radius 3 is 2.44 bits per heavy atom. The van der Waals surface area contributed by atoms with Crippen LogP contribution in [0.2, 0.25) is 0 Å². The molecule has 3 nitrogen and oxygen atoms in total. The molecular weight excluding hydrogens is 335 g/mol. The molecular formula is C23H30BO3. The Labute approximate surface area is 164 Å². The number of aliphatic hydroxyl groups is 1. The predicted octanol–water partition coefficient (Wildman–Crippen LogP) is 3.87. The second-order valence-corrected chi connectivity index (χ2v) is 8.51. The summed E-state index contributed by atoms with van der Waals surface area (Å²) in [5.41, 5.74) is 4.28. The number of aryl methyl sites for hydroxylation is 2. The van der Waals surface area contributed by atoms with Gasteiger partial charge in [0.15, 0.2) is 0 Å². The van der Waals surface area contributed by atoms with Crippen LogP contribution in [-0.4, -0.2) is 23.8 Å². The van der Waals surface area contributed by atoms with Gasteiger partial charge in [0.25, 0.3) is 0 Å². The third-order valence-corrected chi connectivity index (χ3v) is 5.77. The predicted molar refractivity (Wildman–Crippen MR) is 111 cm³/mol. The second kappa shape index (κ2) is 7.69. The molecule has 2 aromatic rings.